The largest absolute Gasteiger partial charge is 0.497 e. The van der Waals surface area contributed by atoms with Crippen LogP contribution in [0.15, 0.2) is 24.5 Å². The summed E-state index contributed by atoms with van der Waals surface area (Å²) < 4.78 is 10.6. The number of nitrogens with one attached hydrogen (secondary N) is 1. The van der Waals surface area contributed by atoms with Gasteiger partial charge in [-0.2, -0.15) is 0 Å². The maximum Gasteiger partial charge on any atom is 0.266 e. The van der Waals surface area contributed by atoms with E-state index >= 15 is 0 Å². The monoisotopic (exact) mass is 412 g/mol. The highest BCUT2D eigenvalue weighted by Crippen LogP contribution is 2.37. The van der Waals surface area contributed by atoms with E-state index in [2.05, 4.69) is 20.2 Å². The van der Waals surface area contributed by atoms with Crippen molar-refractivity contribution in [3.05, 3.63) is 35.0 Å². The summed E-state index contributed by atoms with van der Waals surface area (Å²) in [6, 6.07) is 5.31. The number of rotatable bonds is 5. The summed E-state index contributed by atoms with van der Waals surface area (Å²) in [7, 11) is 3.16. The van der Waals surface area contributed by atoms with Crippen molar-refractivity contribution in [2.24, 2.45) is 0 Å². The Labute approximate surface area is 173 Å². The van der Waals surface area contributed by atoms with Gasteiger partial charge in [0.1, 0.15) is 28.5 Å². The van der Waals surface area contributed by atoms with Gasteiger partial charge in [0.25, 0.3) is 5.91 Å². The summed E-state index contributed by atoms with van der Waals surface area (Å²) in [4.78, 5) is 25.8. The number of hydrogen-bond acceptors (Lipinski definition) is 7. The molecule has 29 heavy (non-hydrogen) atoms. The maximum absolute atomic E-state index is 13.1. The molecule has 0 spiro atoms. The van der Waals surface area contributed by atoms with Gasteiger partial charge in [-0.05, 0) is 43.9 Å². The highest BCUT2D eigenvalue weighted by Gasteiger charge is 2.23. The Morgan fingerprint density at radius 3 is 2.66 bits per heavy atom. The van der Waals surface area contributed by atoms with Crippen LogP contribution in [0, 0.1) is 6.92 Å². The number of carbonyl (C=O) groups is 1. The Bertz CT molecular complexity index is 1040. The number of piperidine rings is 1. The Balaban J connectivity index is 1.67. The minimum Gasteiger partial charge on any atom is -0.497 e. The highest BCUT2D eigenvalue weighted by molar-refractivity contribution is 7.20. The van der Waals surface area contributed by atoms with E-state index in [0.29, 0.717) is 22.1 Å². The van der Waals surface area contributed by atoms with Gasteiger partial charge in [0.05, 0.1) is 30.2 Å². The molecule has 1 saturated heterocycles. The zero-order chi connectivity index (χ0) is 20.4. The van der Waals surface area contributed by atoms with E-state index in [4.69, 9.17) is 9.47 Å². The first-order valence-electron chi connectivity index (χ1n) is 9.64. The van der Waals surface area contributed by atoms with Gasteiger partial charge in [-0.15, -0.1) is 11.3 Å². The summed E-state index contributed by atoms with van der Waals surface area (Å²) in [5, 5.41) is 3.94. The number of anilines is 2. The van der Waals surface area contributed by atoms with Gasteiger partial charge in [-0.3, -0.25) is 4.79 Å². The molecule has 7 nitrogen and oxygen atoms in total. The summed E-state index contributed by atoms with van der Waals surface area (Å²) >= 11 is 1.40. The third kappa shape index (κ3) is 3.72. The summed E-state index contributed by atoms with van der Waals surface area (Å²) in [5.41, 5.74) is 1.51. The van der Waals surface area contributed by atoms with Crippen molar-refractivity contribution in [2.75, 3.05) is 37.5 Å². The Hall–Kier alpha value is -2.87. The lowest BCUT2D eigenvalue weighted by molar-refractivity contribution is 0.102. The summed E-state index contributed by atoms with van der Waals surface area (Å²) in [6.45, 7) is 3.95. The molecule has 0 radical (unpaired) electrons. The number of thiophene rings is 1. The molecule has 3 aromatic rings. The standard InChI is InChI=1S/C21H24N4O3S/c1-13-17-19(25-9-5-4-6-10-25)22-12-23-21(17)29-18(13)20(26)24-15-8-7-14(27-2)11-16(15)28-3/h7-8,11-12H,4-6,9-10H2,1-3H3,(H,24,26). The topological polar surface area (TPSA) is 76.6 Å². The molecule has 0 saturated carbocycles. The normalized spacial score (nSPS) is 14.1. The van der Waals surface area contributed by atoms with Crippen molar-refractivity contribution >= 4 is 39.0 Å². The van der Waals surface area contributed by atoms with Crippen LogP contribution in [0.4, 0.5) is 11.5 Å². The van der Waals surface area contributed by atoms with Gasteiger partial charge in [0.2, 0.25) is 0 Å². The smallest absolute Gasteiger partial charge is 0.266 e. The van der Waals surface area contributed by atoms with E-state index < -0.39 is 0 Å². The molecule has 0 bridgehead atoms. The second kappa shape index (κ2) is 8.24. The number of ether oxygens (including phenoxy) is 2. The van der Waals surface area contributed by atoms with Gasteiger partial charge >= 0.3 is 0 Å². The molecule has 2 aromatic heterocycles. The van der Waals surface area contributed by atoms with Crippen LogP contribution in [0.2, 0.25) is 0 Å². The Morgan fingerprint density at radius 2 is 1.93 bits per heavy atom. The average molecular weight is 413 g/mol. The molecule has 1 aliphatic rings. The van der Waals surface area contributed by atoms with Crippen LogP contribution in [-0.2, 0) is 0 Å². The van der Waals surface area contributed by atoms with Crippen molar-refractivity contribution in [3.8, 4) is 11.5 Å². The number of aromatic nitrogens is 2. The molecule has 1 aromatic carbocycles. The van der Waals surface area contributed by atoms with Crippen LogP contribution in [0.25, 0.3) is 10.2 Å². The zero-order valence-corrected chi connectivity index (χ0v) is 17.6. The fraction of sp³-hybridized carbons (Fsp3) is 0.381. The number of nitrogens with zero attached hydrogens (tertiary/aromatic N) is 3. The molecule has 0 atom stereocenters. The second-order valence-electron chi connectivity index (χ2n) is 7.00. The van der Waals surface area contributed by atoms with E-state index in [-0.39, 0.29) is 5.91 Å². The molecule has 1 amide bonds. The van der Waals surface area contributed by atoms with Crippen LogP contribution >= 0.6 is 11.3 Å². The molecule has 1 N–H and O–H groups in total. The molecular weight excluding hydrogens is 388 g/mol. The first-order valence-corrected chi connectivity index (χ1v) is 10.5. The molecule has 0 unspecified atom stereocenters. The number of carbonyl (C=O) groups excluding carboxylic acids is 1. The second-order valence-corrected chi connectivity index (χ2v) is 8.00. The van der Waals surface area contributed by atoms with E-state index in [1.165, 1.54) is 30.6 Å². The molecule has 1 fully saturated rings. The highest BCUT2D eigenvalue weighted by atomic mass is 32.1. The predicted octanol–water partition coefficient (Wildman–Crippen LogP) is 4.26. The predicted molar refractivity (Wildman–Crippen MR) is 116 cm³/mol. The van der Waals surface area contributed by atoms with Gasteiger partial charge in [-0.25, -0.2) is 9.97 Å². The Morgan fingerprint density at radius 1 is 1.14 bits per heavy atom. The number of aryl methyl sites for hydroxylation is 1. The number of amides is 1. The fourth-order valence-electron chi connectivity index (χ4n) is 3.70. The van der Waals surface area contributed by atoms with Crippen LogP contribution in [-0.4, -0.2) is 43.2 Å². The van der Waals surface area contributed by atoms with Crippen LogP contribution < -0.4 is 19.7 Å². The fourth-order valence-corrected chi connectivity index (χ4v) is 4.73. The van der Waals surface area contributed by atoms with Crippen LogP contribution in [0.3, 0.4) is 0 Å². The lowest BCUT2D eigenvalue weighted by atomic mass is 10.1. The van der Waals surface area contributed by atoms with Crippen LogP contribution in [0.5, 0.6) is 11.5 Å². The lowest BCUT2D eigenvalue weighted by Crippen LogP contribution is -2.30. The van der Waals surface area contributed by atoms with Crippen LogP contribution in [0.1, 0.15) is 34.5 Å². The van der Waals surface area contributed by atoms with Gasteiger partial charge in [0.15, 0.2) is 0 Å². The molecule has 0 aliphatic carbocycles. The molecule has 3 heterocycles. The van der Waals surface area contributed by atoms with E-state index in [1.54, 1.807) is 38.7 Å². The minimum atomic E-state index is -0.182. The van der Waals surface area contributed by atoms with E-state index in [9.17, 15) is 4.79 Å². The van der Waals surface area contributed by atoms with Gasteiger partial charge in [-0.1, -0.05) is 0 Å². The van der Waals surface area contributed by atoms with E-state index in [0.717, 1.165) is 34.7 Å². The molecular formula is C21H24N4O3S. The lowest BCUT2D eigenvalue weighted by Gasteiger charge is -2.28. The maximum atomic E-state index is 13.1. The van der Waals surface area contributed by atoms with Gasteiger partial charge < -0.3 is 19.7 Å². The average Bonchev–Trinajstić information content (AvgIpc) is 3.11. The Kier molecular flexibility index (Phi) is 5.53. The molecule has 152 valence electrons. The molecule has 4 rings (SSSR count). The third-order valence-corrected chi connectivity index (χ3v) is 6.42. The van der Waals surface area contributed by atoms with E-state index in [1.807, 2.05) is 6.92 Å². The quantitative estimate of drug-likeness (QED) is 0.675. The van der Waals surface area contributed by atoms with Crippen molar-refractivity contribution < 1.29 is 14.3 Å². The number of benzene rings is 1. The number of hydrogen-bond donors (Lipinski definition) is 1. The summed E-state index contributed by atoms with van der Waals surface area (Å²) in [5.74, 6) is 1.97. The third-order valence-electron chi connectivity index (χ3n) is 5.23. The van der Waals surface area contributed by atoms with Crippen molar-refractivity contribution in [1.82, 2.24) is 9.97 Å². The van der Waals surface area contributed by atoms with Crippen molar-refractivity contribution in [3.63, 3.8) is 0 Å². The molecule has 8 heteroatoms. The van der Waals surface area contributed by atoms with Gasteiger partial charge in [0, 0.05) is 19.2 Å². The number of methoxy groups -OCH3 is 2. The molecule has 1 aliphatic heterocycles. The number of fused-ring (bicyclic) bond motifs is 1. The van der Waals surface area contributed by atoms with Crippen molar-refractivity contribution in [2.45, 2.75) is 26.2 Å². The summed E-state index contributed by atoms with van der Waals surface area (Å²) in [6.07, 6.45) is 5.18. The van der Waals surface area contributed by atoms with Crippen molar-refractivity contribution in [1.29, 1.82) is 0 Å². The zero-order valence-electron chi connectivity index (χ0n) is 16.8. The first-order chi connectivity index (χ1) is 14.1. The SMILES string of the molecule is COc1ccc(NC(=O)c2sc3ncnc(N4CCCCC4)c3c2C)c(OC)c1. The first kappa shape index (κ1) is 19.4. The minimum absolute atomic E-state index is 0.182.